The highest BCUT2D eigenvalue weighted by molar-refractivity contribution is 5.82. The number of hydrogen-bond acceptors (Lipinski definition) is 6. The van der Waals surface area contributed by atoms with Gasteiger partial charge in [-0.25, -0.2) is 9.59 Å². The Morgan fingerprint density at radius 3 is 2.60 bits per heavy atom. The molecule has 35 heavy (non-hydrogen) atoms. The summed E-state index contributed by atoms with van der Waals surface area (Å²) < 4.78 is 11.4. The molecule has 6 nitrogen and oxygen atoms in total. The summed E-state index contributed by atoms with van der Waals surface area (Å²) in [4.78, 5) is 24.8. The van der Waals surface area contributed by atoms with Crippen molar-refractivity contribution in [3.05, 3.63) is 36.0 Å². The maximum absolute atomic E-state index is 12.5. The van der Waals surface area contributed by atoms with Gasteiger partial charge in [-0.2, -0.15) is 0 Å². The van der Waals surface area contributed by atoms with Crippen LogP contribution in [0, 0.1) is 40.9 Å². The van der Waals surface area contributed by atoms with Gasteiger partial charge in [-0.05, 0) is 81.1 Å². The van der Waals surface area contributed by atoms with Crippen LogP contribution in [0.3, 0.4) is 0 Å². The summed E-state index contributed by atoms with van der Waals surface area (Å²) >= 11 is 0. The van der Waals surface area contributed by atoms with Crippen molar-refractivity contribution in [2.75, 3.05) is 0 Å². The van der Waals surface area contributed by atoms with E-state index in [2.05, 4.69) is 40.3 Å². The molecule has 0 radical (unpaired) electrons. The topological polar surface area (TPSA) is 93.1 Å². The van der Waals surface area contributed by atoms with Crippen LogP contribution in [-0.4, -0.2) is 46.1 Å². The van der Waals surface area contributed by atoms with Crippen LogP contribution in [0.5, 0.6) is 0 Å². The lowest BCUT2D eigenvalue weighted by atomic mass is 9.53. The minimum absolute atomic E-state index is 0.0228. The normalized spacial score (nSPS) is 45.7. The van der Waals surface area contributed by atoms with Crippen molar-refractivity contribution < 1.29 is 29.3 Å². The van der Waals surface area contributed by atoms with Crippen molar-refractivity contribution in [2.45, 2.75) is 91.1 Å². The van der Waals surface area contributed by atoms with Gasteiger partial charge in [0.05, 0.1) is 0 Å². The van der Waals surface area contributed by atoms with E-state index in [0.717, 1.165) is 19.3 Å². The number of hydrogen-bond donors (Lipinski definition) is 2. The molecule has 0 amide bonds. The third-order valence-corrected chi connectivity index (χ3v) is 9.79. The fourth-order valence-electron chi connectivity index (χ4n) is 8.05. The van der Waals surface area contributed by atoms with Gasteiger partial charge in [-0.3, -0.25) is 0 Å². The average Bonchev–Trinajstić information content (AvgIpc) is 3.06. The first kappa shape index (κ1) is 26.2. The summed E-state index contributed by atoms with van der Waals surface area (Å²) in [6.07, 6.45) is 5.99. The highest BCUT2D eigenvalue weighted by Crippen LogP contribution is 2.63. The molecule has 1 saturated heterocycles. The first-order valence-corrected chi connectivity index (χ1v) is 13.1. The number of aliphatic hydroxyl groups is 2. The Morgan fingerprint density at radius 2 is 1.97 bits per heavy atom. The number of rotatable bonds is 3. The van der Waals surface area contributed by atoms with E-state index in [1.165, 1.54) is 11.6 Å². The zero-order valence-corrected chi connectivity index (χ0v) is 22.0. The molecule has 2 saturated carbocycles. The molecule has 0 aromatic rings. The quantitative estimate of drug-likeness (QED) is 0.350. The molecule has 4 aliphatic rings. The van der Waals surface area contributed by atoms with Gasteiger partial charge < -0.3 is 19.7 Å². The van der Waals surface area contributed by atoms with Crippen LogP contribution in [0.25, 0.3) is 0 Å². The van der Waals surface area contributed by atoms with Gasteiger partial charge >= 0.3 is 11.9 Å². The van der Waals surface area contributed by atoms with Crippen LogP contribution in [0.4, 0.5) is 0 Å². The molecule has 3 aliphatic carbocycles. The van der Waals surface area contributed by atoms with Gasteiger partial charge in [0, 0.05) is 17.9 Å². The van der Waals surface area contributed by atoms with Crippen LogP contribution in [0.15, 0.2) is 36.0 Å². The van der Waals surface area contributed by atoms with Crippen LogP contribution in [0.2, 0.25) is 0 Å². The summed E-state index contributed by atoms with van der Waals surface area (Å²) in [5.74, 6) is -0.716. The molecule has 6 heteroatoms. The lowest BCUT2D eigenvalue weighted by Gasteiger charge is -2.54. The van der Waals surface area contributed by atoms with Gasteiger partial charge in [-0.1, -0.05) is 45.1 Å². The average molecular weight is 487 g/mol. The summed E-state index contributed by atoms with van der Waals surface area (Å²) in [7, 11) is 0. The SMILES string of the molecule is C=C1C2CC3C(C(C)C)C(OC(=O)C=CC)CC3(C)CC2C(C)=CCC2C(C)OC(=O)C(O)C12O. The number of esters is 2. The maximum atomic E-state index is 12.5. The van der Waals surface area contributed by atoms with E-state index in [-0.39, 0.29) is 41.2 Å². The van der Waals surface area contributed by atoms with Gasteiger partial charge in [0.2, 0.25) is 0 Å². The summed E-state index contributed by atoms with van der Waals surface area (Å²) in [5, 5.41) is 22.8. The molecule has 0 aromatic heterocycles. The van der Waals surface area contributed by atoms with E-state index in [9.17, 15) is 19.8 Å². The zero-order valence-electron chi connectivity index (χ0n) is 22.0. The second-order valence-electron chi connectivity index (χ2n) is 12.1. The van der Waals surface area contributed by atoms with E-state index in [1.807, 2.05) is 6.92 Å². The fraction of sp³-hybridized carbons (Fsp3) is 0.724. The van der Waals surface area contributed by atoms with E-state index < -0.39 is 29.7 Å². The molecule has 194 valence electrons. The van der Waals surface area contributed by atoms with Gasteiger partial charge in [-0.15, -0.1) is 0 Å². The van der Waals surface area contributed by atoms with E-state index in [0.29, 0.717) is 17.9 Å². The summed E-state index contributed by atoms with van der Waals surface area (Å²) in [6.45, 7) is 16.8. The number of allylic oxidation sites excluding steroid dienone is 3. The summed E-state index contributed by atoms with van der Waals surface area (Å²) in [5.41, 5.74) is 0.0545. The van der Waals surface area contributed by atoms with Crippen LogP contribution < -0.4 is 0 Å². The molecule has 1 aliphatic heterocycles. The van der Waals surface area contributed by atoms with Gasteiger partial charge in [0.15, 0.2) is 6.10 Å². The minimum atomic E-state index is -1.73. The number of carbonyl (C=O) groups is 2. The van der Waals surface area contributed by atoms with Gasteiger partial charge in [0.25, 0.3) is 0 Å². The summed E-state index contributed by atoms with van der Waals surface area (Å²) in [6, 6.07) is 0. The lowest BCUT2D eigenvalue weighted by Crippen LogP contribution is -2.63. The van der Waals surface area contributed by atoms with E-state index >= 15 is 0 Å². The van der Waals surface area contributed by atoms with E-state index in [1.54, 1.807) is 13.0 Å². The predicted molar refractivity (Wildman–Crippen MR) is 133 cm³/mol. The maximum Gasteiger partial charge on any atom is 0.338 e. The van der Waals surface area contributed by atoms with Crippen molar-refractivity contribution in [2.24, 2.45) is 40.9 Å². The molecule has 0 spiro atoms. The third-order valence-electron chi connectivity index (χ3n) is 9.79. The zero-order chi connectivity index (χ0) is 25.9. The van der Waals surface area contributed by atoms with E-state index in [4.69, 9.17) is 9.47 Å². The third kappa shape index (κ3) is 4.11. The highest BCUT2D eigenvalue weighted by atomic mass is 16.6. The monoisotopic (exact) mass is 486 g/mol. The first-order chi connectivity index (χ1) is 16.3. The van der Waals surface area contributed by atoms with Gasteiger partial charge in [0.1, 0.15) is 17.8 Å². The molecule has 1 heterocycles. The van der Waals surface area contributed by atoms with Crippen molar-refractivity contribution in [1.82, 2.24) is 0 Å². The van der Waals surface area contributed by atoms with Crippen molar-refractivity contribution in [1.29, 1.82) is 0 Å². The molecule has 0 aromatic carbocycles. The van der Waals surface area contributed by atoms with Crippen molar-refractivity contribution in [3.8, 4) is 0 Å². The molecule has 10 unspecified atom stereocenters. The standard InChI is InChI=1S/C29H42O6/c1-8-9-24(30)35-23-14-28(7)13-20-16(4)10-11-21-18(6)34-27(32)26(31)29(21,33)17(5)19(20)12-22(28)25(23)15(2)3/h8-10,15,18-23,25-26,31,33H,5,11-14H2,1-4,6-7H3. The number of aliphatic hydroxyl groups excluding tert-OH is 1. The van der Waals surface area contributed by atoms with Crippen molar-refractivity contribution in [3.63, 3.8) is 0 Å². The largest absolute Gasteiger partial charge is 0.460 e. The number of cyclic esters (lactones) is 1. The number of fused-ring (bicyclic) bond motifs is 3. The molecular weight excluding hydrogens is 444 g/mol. The Morgan fingerprint density at radius 1 is 1.29 bits per heavy atom. The molecule has 10 atom stereocenters. The Bertz CT molecular complexity index is 949. The number of ether oxygens (including phenoxy) is 2. The predicted octanol–water partition coefficient (Wildman–Crippen LogP) is 4.36. The molecule has 2 N–H and O–H groups in total. The Labute approximate surface area is 209 Å². The molecule has 3 fully saturated rings. The Hall–Kier alpha value is -1.92. The molecular formula is C29H42O6. The number of carbonyl (C=O) groups excluding carboxylic acids is 2. The molecule has 0 bridgehead atoms. The Kier molecular flexibility index (Phi) is 6.86. The minimum Gasteiger partial charge on any atom is -0.460 e. The fourth-order valence-corrected chi connectivity index (χ4v) is 8.05. The molecule has 4 rings (SSSR count). The van der Waals surface area contributed by atoms with Crippen LogP contribution in [-0.2, 0) is 19.1 Å². The Balaban J connectivity index is 1.73. The second kappa shape index (κ2) is 9.19. The van der Waals surface area contributed by atoms with Crippen molar-refractivity contribution >= 4 is 11.9 Å². The van der Waals surface area contributed by atoms with Crippen LogP contribution >= 0.6 is 0 Å². The van der Waals surface area contributed by atoms with Crippen LogP contribution in [0.1, 0.15) is 67.2 Å². The lowest BCUT2D eigenvalue weighted by molar-refractivity contribution is -0.209. The first-order valence-electron chi connectivity index (χ1n) is 13.1. The second-order valence-corrected chi connectivity index (χ2v) is 12.1. The highest BCUT2D eigenvalue weighted by Gasteiger charge is 2.62. The smallest absolute Gasteiger partial charge is 0.338 e.